The molecule has 1 aliphatic rings. The van der Waals surface area contributed by atoms with Crippen LogP contribution in [-0.2, 0) is 16.1 Å². The molecule has 0 unspecified atom stereocenters. The van der Waals surface area contributed by atoms with Crippen molar-refractivity contribution in [2.45, 2.75) is 19.0 Å². The maximum absolute atomic E-state index is 13.1. The van der Waals surface area contributed by atoms with Crippen LogP contribution in [0.25, 0.3) is 0 Å². The maximum Gasteiger partial charge on any atom is 0.251 e. The number of rotatable bonds is 6. The molecule has 0 aromatic heterocycles. The number of nitrogens with zero attached hydrogens (tertiary/aromatic N) is 2. The predicted octanol–water partition coefficient (Wildman–Crippen LogP) is 2.61. The smallest absolute Gasteiger partial charge is 0.251 e. The summed E-state index contributed by atoms with van der Waals surface area (Å²) in [7, 11) is 4.79. The molecule has 6 nitrogen and oxygen atoms in total. The maximum atomic E-state index is 13.1. The second-order valence-electron chi connectivity index (χ2n) is 6.37. The number of methoxy groups -OCH3 is 2. The third-order valence-electron chi connectivity index (χ3n) is 4.63. The molecule has 1 fully saturated rings. The van der Waals surface area contributed by atoms with E-state index in [-0.39, 0.29) is 24.1 Å². The highest BCUT2D eigenvalue weighted by Crippen LogP contribution is 2.34. The van der Waals surface area contributed by atoms with E-state index in [2.05, 4.69) is 0 Å². The van der Waals surface area contributed by atoms with Gasteiger partial charge in [-0.2, -0.15) is 0 Å². The van der Waals surface area contributed by atoms with Crippen LogP contribution in [0.4, 0.5) is 10.1 Å². The molecule has 2 aromatic carbocycles. The Bertz CT molecular complexity index is 854. The van der Waals surface area contributed by atoms with Gasteiger partial charge in [0, 0.05) is 12.6 Å². The van der Waals surface area contributed by atoms with Gasteiger partial charge in [0.1, 0.15) is 5.82 Å². The first-order valence-corrected chi connectivity index (χ1v) is 8.48. The lowest BCUT2D eigenvalue weighted by Crippen LogP contribution is -2.39. The molecule has 0 N–H and O–H groups in total. The van der Waals surface area contributed by atoms with E-state index in [1.54, 1.807) is 42.3 Å². The number of ether oxygens (including phenoxy) is 2. The molecule has 142 valence electrons. The molecule has 2 amide bonds. The molecule has 0 spiro atoms. The summed E-state index contributed by atoms with van der Waals surface area (Å²) in [6, 6.07) is 10.4. The van der Waals surface area contributed by atoms with E-state index >= 15 is 0 Å². The summed E-state index contributed by atoms with van der Waals surface area (Å²) in [5, 5.41) is 0. The molecule has 7 heteroatoms. The molecule has 0 saturated carbocycles. The van der Waals surface area contributed by atoms with E-state index in [0.29, 0.717) is 23.7 Å². The first-order valence-electron chi connectivity index (χ1n) is 8.48. The van der Waals surface area contributed by atoms with Crippen LogP contribution in [0, 0.1) is 5.82 Å². The van der Waals surface area contributed by atoms with Crippen LogP contribution < -0.4 is 14.4 Å². The van der Waals surface area contributed by atoms with Crippen LogP contribution in [0.15, 0.2) is 42.5 Å². The number of benzene rings is 2. The van der Waals surface area contributed by atoms with Crippen LogP contribution in [0.2, 0.25) is 0 Å². The van der Waals surface area contributed by atoms with Crippen molar-refractivity contribution < 1.29 is 23.5 Å². The normalized spacial score (nSPS) is 16.9. The van der Waals surface area contributed by atoms with E-state index in [1.165, 1.54) is 31.3 Å². The van der Waals surface area contributed by atoms with Gasteiger partial charge in [-0.05, 0) is 36.9 Å². The molecule has 0 bridgehead atoms. The third kappa shape index (κ3) is 3.78. The minimum absolute atomic E-state index is 0.0882. The van der Waals surface area contributed by atoms with E-state index in [0.717, 1.165) is 5.56 Å². The van der Waals surface area contributed by atoms with Crippen molar-refractivity contribution >= 4 is 17.5 Å². The van der Waals surface area contributed by atoms with Crippen molar-refractivity contribution in [1.82, 2.24) is 4.90 Å². The van der Waals surface area contributed by atoms with Gasteiger partial charge in [-0.25, -0.2) is 9.29 Å². The van der Waals surface area contributed by atoms with Gasteiger partial charge < -0.3 is 9.47 Å². The van der Waals surface area contributed by atoms with Gasteiger partial charge in [0.25, 0.3) is 5.91 Å². The Morgan fingerprint density at radius 1 is 1.07 bits per heavy atom. The quantitative estimate of drug-likeness (QED) is 0.730. The molecule has 1 atom stereocenters. The van der Waals surface area contributed by atoms with Gasteiger partial charge in [0.05, 0.1) is 32.4 Å². The zero-order valence-electron chi connectivity index (χ0n) is 15.4. The SMILES string of the molecule is COc1ccc(N2C(=O)C[C@H](N(C)Cc3ccc(F)cc3)C2=O)cc1OC. The Labute approximate surface area is 157 Å². The monoisotopic (exact) mass is 372 g/mol. The van der Waals surface area contributed by atoms with Gasteiger partial charge >= 0.3 is 0 Å². The van der Waals surface area contributed by atoms with Gasteiger partial charge in [-0.3, -0.25) is 14.5 Å². The van der Waals surface area contributed by atoms with Crippen molar-refractivity contribution in [2.24, 2.45) is 0 Å². The molecule has 0 aliphatic carbocycles. The van der Waals surface area contributed by atoms with Crippen molar-refractivity contribution in [3.05, 3.63) is 53.8 Å². The Balaban J connectivity index is 1.79. The van der Waals surface area contributed by atoms with Crippen molar-refractivity contribution in [2.75, 3.05) is 26.2 Å². The topological polar surface area (TPSA) is 59.1 Å². The molecule has 1 aliphatic heterocycles. The highest BCUT2D eigenvalue weighted by Gasteiger charge is 2.41. The summed E-state index contributed by atoms with van der Waals surface area (Å²) in [5.41, 5.74) is 1.31. The molecule has 0 radical (unpaired) electrons. The van der Waals surface area contributed by atoms with Crippen LogP contribution in [-0.4, -0.2) is 44.0 Å². The third-order valence-corrected chi connectivity index (χ3v) is 4.63. The largest absolute Gasteiger partial charge is 0.493 e. The minimum Gasteiger partial charge on any atom is -0.493 e. The van der Waals surface area contributed by atoms with E-state index in [4.69, 9.17) is 9.47 Å². The fourth-order valence-corrected chi connectivity index (χ4v) is 3.18. The number of amides is 2. The fourth-order valence-electron chi connectivity index (χ4n) is 3.18. The number of halogens is 1. The van der Waals surface area contributed by atoms with Gasteiger partial charge in [-0.15, -0.1) is 0 Å². The van der Waals surface area contributed by atoms with E-state index in [1.807, 2.05) is 0 Å². The lowest BCUT2D eigenvalue weighted by molar-refractivity contribution is -0.122. The number of carbonyl (C=O) groups is 2. The summed E-state index contributed by atoms with van der Waals surface area (Å²) >= 11 is 0. The van der Waals surface area contributed by atoms with Gasteiger partial charge in [0.2, 0.25) is 5.91 Å². The molecule has 1 saturated heterocycles. The summed E-state index contributed by atoms with van der Waals surface area (Å²) < 4.78 is 23.5. The number of anilines is 1. The Hall–Kier alpha value is -2.93. The van der Waals surface area contributed by atoms with Crippen molar-refractivity contribution in [1.29, 1.82) is 0 Å². The lowest BCUT2D eigenvalue weighted by atomic mass is 10.1. The Kier molecular flexibility index (Phi) is 5.41. The fraction of sp³-hybridized carbons (Fsp3) is 0.300. The van der Waals surface area contributed by atoms with Crippen molar-refractivity contribution in [3.63, 3.8) is 0 Å². The number of hydrogen-bond donors (Lipinski definition) is 0. The summed E-state index contributed by atoms with van der Waals surface area (Å²) in [5.74, 6) is 0.0807. The van der Waals surface area contributed by atoms with E-state index in [9.17, 15) is 14.0 Å². The number of hydrogen-bond acceptors (Lipinski definition) is 5. The highest BCUT2D eigenvalue weighted by atomic mass is 19.1. The first-order chi connectivity index (χ1) is 12.9. The van der Waals surface area contributed by atoms with Crippen molar-refractivity contribution in [3.8, 4) is 11.5 Å². The number of carbonyl (C=O) groups excluding carboxylic acids is 2. The van der Waals surface area contributed by atoms with Crippen LogP contribution in [0.1, 0.15) is 12.0 Å². The number of imide groups is 1. The second-order valence-corrected chi connectivity index (χ2v) is 6.37. The molecular weight excluding hydrogens is 351 g/mol. The van der Waals surface area contributed by atoms with Crippen LogP contribution in [0.3, 0.4) is 0 Å². The first kappa shape index (κ1) is 18.8. The molecule has 2 aromatic rings. The Morgan fingerprint density at radius 3 is 2.37 bits per heavy atom. The zero-order chi connectivity index (χ0) is 19.6. The standard InChI is InChI=1S/C20H21FN2O4/c1-22(12-13-4-6-14(21)7-5-13)16-11-19(24)23(20(16)25)15-8-9-17(26-2)18(10-15)27-3/h4-10,16H,11-12H2,1-3H3/t16-/m0/s1. The van der Waals surface area contributed by atoms with Crippen LogP contribution >= 0.6 is 0 Å². The minimum atomic E-state index is -0.573. The molecule has 3 rings (SSSR count). The number of likely N-dealkylation sites (N-methyl/N-ethyl adjacent to an activating group) is 1. The second kappa shape index (κ2) is 7.75. The van der Waals surface area contributed by atoms with Crippen LogP contribution in [0.5, 0.6) is 11.5 Å². The summed E-state index contributed by atoms with van der Waals surface area (Å²) in [4.78, 5) is 28.4. The van der Waals surface area contributed by atoms with Gasteiger partial charge in [-0.1, -0.05) is 12.1 Å². The summed E-state index contributed by atoms with van der Waals surface area (Å²) in [6.07, 6.45) is 0.0882. The molecular formula is C20H21FN2O4. The van der Waals surface area contributed by atoms with E-state index < -0.39 is 6.04 Å². The highest BCUT2D eigenvalue weighted by molar-refractivity contribution is 6.22. The lowest BCUT2D eigenvalue weighted by Gasteiger charge is -2.23. The summed E-state index contributed by atoms with van der Waals surface area (Å²) in [6.45, 7) is 0.434. The molecule has 27 heavy (non-hydrogen) atoms. The van der Waals surface area contributed by atoms with Gasteiger partial charge in [0.15, 0.2) is 11.5 Å². The predicted molar refractivity (Wildman–Crippen MR) is 98.3 cm³/mol. The molecule has 1 heterocycles. The average Bonchev–Trinajstić information content (AvgIpc) is 2.97. The Morgan fingerprint density at radius 2 is 1.74 bits per heavy atom. The average molecular weight is 372 g/mol. The zero-order valence-corrected chi connectivity index (χ0v) is 15.4.